The summed E-state index contributed by atoms with van der Waals surface area (Å²) in [5, 5.41) is 4.26. The fourth-order valence-electron chi connectivity index (χ4n) is 1.89. The minimum absolute atomic E-state index is 0.279. The van der Waals surface area contributed by atoms with Crippen LogP contribution in [0.4, 0.5) is 4.39 Å². The summed E-state index contributed by atoms with van der Waals surface area (Å²) in [5.41, 5.74) is 0.379. The molecule has 0 spiro atoms. The van der Waals surface area contributed by atoms with Crippen molar-refractivity contribution in [3.05, 3.63) is 35.8 Å². The highest BCUT2D eigenvalue weighted by Gasteiger charge is 2.19. The fraction of sp³-hybridized carbons (Fsp3) is 0.385. The number of nitrogens with one attached hydrogen (secondary N) is 1. The number of halogens is 1. The standard InChI is InChI=1S/C13H14FNO/c14-12-3-1-2-9-8-11(16-13(9)12)6-7-15-10-4-5-10/h1-3,8,10,15H,4-7H2. The van der Waals surface area contributed by atoms with E-state index in [1.54, 1.807) is 6.07 Å². The first-order chi connectivity index (χ1) is 7.83. The van der Waals surface area contributed by atoms with E-state index in [-0.39, 0.29) is 5.82 Å². The Labute approximate surface area is 93.4 Å². The number of hydrogen-bond donors (Lipinski definition) is 1. The van der Waals surface area contributed by atoms with Crippen molar-refractivity contribution < 1.29 is 8.81 Å². The second-order valence-electron chi connectivity index (χ2n) is 4.35. The molecule has 1 heterocycles. The van der Waals surface area contributed by atoms with Crippen LogP contribution >= 0.6 is 0 Å². The molecule has 16 heavy (non-hydrogen) atoms. The molecule has 3 heteroatoms. The third kappa shape index (κ3) is 1.95. The number of fused-ring (bicyclic) bond motifs is 1. The van der Waals surface area contributed by atoms with Crippen LogP contribution in [-0.4, -0.2) is 12.6 Å². The van der Waals surface area contributed by atoms with E-state index in [4.69, 9.17) is 4.42 Å². The average Bonchev–Trinajstić information content (AvgIpc) is 2.98. The van der Waals surface area contributed by atoms with Crippen molar-refractivity contribution in [2.24, 2.45) is 0 Å². The van der Waals surface area contributed by atoms with Crippen LogP contribution in [0.5, 0.6) is 0 Å². The Morgan fingerprint density at radius 1 is 1.38 bits per heavy atom. The molecule has 1 aromatic carbocycles. The summed E-state index contributed by atoms with van der Waals surface area (Å²) < 4.78 is 18.8. The third-order valence-electron chi connectivity index (χ3n) is 2.93. The SMILES string of the molecule is Fc1cccc2cc(CCNC3CC3)oc12. The van der Waals surface area contributed by atoms with Crippen LogP contribution in [0.1, 0.15) is 18.6 Å². The van der Waals surface area contributed by atoms with Gasteiger partial charge in [-0.15, -0.1) is 0 Å². The summed E-state index contributed by atoms with van der Waals surface area (Å²) in [6.07, 6.45) is 3.40. The summed E-state index contributed by atoms with van der Waals surface area (Å²) in [4.78, 5) is 0. The lowest BCUT2D eigenvalue weighted by atomic mass is 10.2. The maximum atomic E-state index is 13.4. The summed E-state index contributed by atoms with van der Waals surface area (Å²) in [6, 6.07) is 7.64. The van der Waals surface area contributed by atoms with Crippen LogP contribution < -0.4 is 5.32 Å². The predicted octanol–water partition coefficient (Wildman–Crippen LogP) is 2.87. The molecule has 0 unspecified atom stereocenters. The van der Waals surface area contributed by atoms with Crippen molar-refractivity contribution in [3.8, 4) is 0 Å². The molecule has 1 aromatic heterocycles. The molecule has 1 saturated carbocycles. The van der Waals surface area contributed by atoms with E-state index in [0.717, 1.165) is 24.1 Å². The molecule has 0 radical (unpaired) electrons. The molecule has 1 aliphatic carbocycles. The summed E-state index contributed by atoms with van der Waals surface area (Å²) in [6.45, 7) is 0.909. The minimum Gasteiger partial charge on any atom is -0.458 e. The van der Waals surface area contributed by atoms with Gasteiger partial charge in [0.15, 0.2) is 11.4 Å². The van der Waals surface area contributed by atoms with Gasteiger partial charge in [-0.3, -0.25) is 0 Å². The van der Waals surface area contributed by atoms with Gasteiger partial charge in [0.25, 0.3) is 0 Å². The van der Waals surface area contributed by atoms with Crippen molar-refractivity contribution in [1.82, 2.24) is 5.32 Å². The first-order valence-corrected chi connectivity index (χ1v) is 5.73. The van der Waals surface area contributed by atoms with E-state index in [9.17, 15) is 4.39 Å². The zero-order chi connectivity index (χ0) is 11.0. The molecule has 1 aliphatic rings. The van der Waals surface area contributed by atoms with Crippen LogP contribution in [0.3, 0.4) is 0 Å². The van der Waals surface area contributed by atoms with Gasteiger partial charge in [0.1, 0.15) is 5.76 Å². The van der Waals surface area contributed by atoms with Crippen molar-refractivity contribution in [3.63, 3.8) is 0 Å². The normalized spacial score (nSPS) is 15.8. The van der Waals surface area contributed by atoms with Gasteiger partial charge in [0, 0.05) is 24.4 Å². The quantitative estimate of drug-likeness (QED) is 0.855. The summed E-state index contributed by atoms with van der Waals surface area (Å²) in [7, 11) is 0. The summed E-state index contributed by atoms with van der Waals surface area (Å²) in [5.74, 6) is 0.576. The van der Waals surface area contributed by atoms with E-state index in [1.807, 2.05) is 12.1 Å². The Balaban J connectivity index is 1.73. The lowest BCUT2D eigenvalue weighted by Crippen LogP contribution is -2.18. The van der Waals surface area contributed by atoms with Gasteiger partial charge in [-0.05, 0) is 25.0 Å². The van der Waals surface area contributed by atoms with Crippen LogP contribution in [-0.2, 0) is 6.42 Å². The number of para-hydroxylation sites is 1. The van der Waals surface area contributed by atoms with Gasteiger partial charge >= 0.3 is 0 Å². The molecule has 1 fully saturated rings. The smallest absolute Gasteiger partial charge is 0.169 e. The molecule has 0 atom stereocenters. The maximum Gasteiger partial charge on any atom is 0.169 e. The fourth-order valence-corrected chi connectivity index (χ4v) is 1.89. The van der Waals surface area contributed by atoms with Crippen LogP contribution in [0.25, 0.3) is 11.0 Å². The molecule has 3 rings (SSSR count). The third-order valence-corrected chi connectivity index (χ3v) is 2.93. The molecule has 1 N–H and O–H groups in total. The van der Waals surface area contributed by atoms with Crippen LogP contribution in [0.15, 0.2) is 28.7 Å². The molecule has 2 aromatic rings. The van der Waals surface area contributed by atoms with E-state index in [1.165, 1.54) is 18.9 Å². The van der Waals surface area contributed by atoms with E-state index >= 15 is 0 Å². The Hall–Kier alpha value is -1.35. The molecule has 0 bridgehead atoms. The lowest BCUT2D eigenvalue weighted by molar-refractivity contribution is 0.509. The second kappa shape index (κ2) is 3.91. The van der Waals surface area contributed by atoms with E-state index in [0.29, 0.717) is 11.6 Å². The Morgan fingerprint density at radius 3 is 3.00 bits per heavy atom. The zero-order valence-electron chi connectivity index (χ0n) is 9.00. The highest BCUT2D eigenvalue weighted by molar-refractivity contribution is 5.78. The largest absolute Gasteiger partial charge is 0.458 e. The van der Waals surface area contributed by atoms with Crippen molar-refractivity contribution in [1.29, 1.82) is 0 Å². The Morgan fingerprint density at radius 2 is 2.25 bits per heavy atom. The van der Waals surface area contributed by atoms with Crippen molar-refractivity contribution in [2.45, 2.75) is 25.3 Å². The molecular weight excluding hydrogens is 205 g/mol. The Kier molecular flexibility index (Phi) is 2.40. The predicted molar refractivity (Wildman–Crippen MR) is 60.9 cm³/mol. The molecule has 0 aliphatic heterocycles. The molecule has 2 nitrogen and oxygen atoms in total. The van der Waals surface area contributed by atoms with Crippen LogP contribution in [0, 0.1) is 5.82 Å². The van der Waals surface area contributed by atoms with Gasteiger partial charge in [-0.1, -0.05) is 12.1 Å². The van der Waals surface area contributed by atoms with Crippen molar-refractivity contribution in [2.75, 3.05) is 6.54 Å². The Bertz CT molecular complexity index is 502. The molecule has 84 valence electrons. The monoisotopic (exact) mass is 219 g/mol. The van der Waals surface area contributed by atoms with Gasteiger partial charge < -0.3 is 9.73 Å². The molecular formula is C13H14FNO. The van der Waals surface area contributed by atoms with Crippen molar-refractivity contribution >= 4 is 11.0 Å². The van der Waals surface area contributed by atoms with Gasteiger partial charge in [0.2, 0.25) is 0 Å². The number of benzene rings is 1. The maximum absolute atomic E-state index is 13.4. The topological polar surface area (TPSA) is 25.2 Å². The van der Waals surface area contributed by atoms with Gasteiger partial charge in [0.05, 0.1) is 0 Å². The van der Waals surface area contributed by atoms with E-state index < -0.39 is 0 Å². The lowest BCUT2D eigenvalue weighted by Gasteiger charge is -1.98. The van der Waals surface area contributed by atoms with Gasteiger partial charge in [-0.25, -0.2) is 4.39 Å². The van der Waals surface area contributed by atoms with Gasteiger partial charge in [-0.2, -0.15) is 0 Å². The first-order valence-electron chi connectivity index (χ1n) is 5.73. The number of rotatable bonds is 4. The zero-order valence-corrected chi connectivity index (χ0v) is 9.00. The average molecular weight is 219 g/mol. The first kappa shape index (κ1) is 9.85. The van der Waals surface area contributed by atoms with Crippen LogP contribution in [0.2, 0.25) is 0 Å². The minimum atomic E-state index is -0.279. The molecule has 0 amide bonds. The van der Waals surface area contributed by atoms with E-state index in [2.05, 4.69) is 5.32 Å². The highest BCUT2D eigenvalue weighted by atomic mass is 19.1. The molecule has 0 saturated heterocycles. The number of hydrogen-bond acceptors (Lipinski definition) is 2. The second-order valence-corrected chi connectivity index (χ2v) is 4.35. The number of furan rings is 1. The highest BCUT2D eigenvalue weighted by Crippen LogP contribution is 2.22. The summed E-state index contributed by atoms with van der Waals surface area (Å²) >= 11 is 0.